The molecule has 0 spiro atoms. The summed E-state index contributed by atoms with van der Waals surface area (Å²) in [6, 6.07) is 3.97. The molecule has 6 heteroatoms. The Morgan fingerprint density at radius 3 is 2.85 bits per heavy atom. The summed E-state index contributed by atoms with van der Waals surface area (Å²) >= 11 is 0. The van der Waals surface area contributed by atoms with E-state index >= 15 is 0 Å². The predicted molar refractivity (Wildman–Crippen MR) is 71.5 cm³/mol. The highest BCUT2D eigenvalue weighted by Gasteiger charge is 2.37. The molecule has 2 saturated heterocycles. The summed E-state index contributed by atoms with van der Waals surface area (Å²) in [6.07, 6.45) is 1.34. The third kappa shape index (κ3) is 2.21. The number of anilines is 1. The third-order valence-electron chi connectivity index (χ3n) is 3.95. The van der Waals surface area contributed by atoms with Gasteiger partial charge in [0, 0.05) is 43.3 Å². The van der Waals surface area contributed by atoms with Crippen LogP contribution in [0.25, 0.3) is 0 Å². The Morgan fingerprint density at radius 2 is 2.10 bits per heavy atom. The summed E-state index contributed by atoms with van der Waals surface area (Å²) in [7, 11) is 0. The van der Waals surface area contributed by atoms with E-state index in [0.29, 0.717) is 26.1 Å². The molecule has 1 aromatic carbocycles. The van der Waals surface area contributed by atoms with Crippen molar-refractivity contribution in [1.29, 1.82) is 0 Å². The molecule has 106 valence electrons. The van der Waals surface area contributed by atoms with Gasteiger partial charge in [0.1, 0.15) is 5.82 Å². The zero-order chi connectivity index (χ0) is 14.3. The molecule has 2 aliphatic heterocycles. The van der Waals surface area contributed by atoms with Crippen LogP contribution in [0.2, 0.25) is 0 Å². The van der Waals surface area contributed by atoms with Gasteiger partial charge in [-0.1, -0.05) is 0 Å². The molecule has 0 bridgehead atoms. The smallest absolute Gasteiger partial charge is 0.254 e. The molecule has 0 aliphatic carbocycles. The molecule has 2 heterocycles. The highest BCUT2D eigenvalue weighted by atomic mass is 19.1. The van der Waals surface area contributed by atoms with Gasteiger partial charge in [0.25, 0.3) is 5.91 Å². The van der Waals surface area contributed by atoms with Crippen LogP contribution >= 0.6 is 0 Å². The van der Waals surface area contributed by atoms with Crippen molar-refractivity contribution in [3.8, 4) is 0 Å². The first-order valence-electron chi connectivity index (χ1n) is 6.69. The van der Waals surface area contributed by atoms with Crippen LogP contribution in [0.1, 0.15) is 23.2 Å². The second-order valence-electron chi connectivity index (χ2n) is 5.30. The number of hydrogen-bond acceptors (Lipinski definition) is 3. The van der Waals surface area contributed by atoms with Crippen LogP contribution in [0.15, 0.2) is 18.2 Å². The van der Waals surface area contributed by atoms with Gasteiger partial charge in [-0.15, -0.1) is 0 Å². The van der Waals surface area contributed by atoms with Crippen molar-refractivity contribution in [3.63, 3.8) is 0 Å². The normalized spacial score (nSPS) is 22.1. The fourth-order valence-corrected chi connectivity index (χ4v) is 2.97. The molecule has 2 aliphatic rings. The van der Waals surface area contributed by atoms with Gasteiger partial charge in [-0.3, -0.25) is 9.59 Å². The lowest BCUT2D eigenvalue weighted by molar-refractivity contribution is -0.130. The van der Waals surface area contributed by atoms with E-state index < -0.39 is 5.82 Å². The topological polar surface area (TPSA) is 66.6 Å². The molecule has 2 amide bonds. The standard InChI is InChI=1S/C14H16FN3O2/c15-10-5-9(6-11(16)7-10)14(20)17-3-4-18-12(8-17)1-2-13(18)19/h5-7,12H,1-4,8,16H2. The first-order valence-corrected chi connectivity index (χ1v) is 6.69. The van der Waals surface area contributed by atoms with Crippen molar-refractivity contribution in [2.45, 2.75) is 18.9 Å². The number of halogens is 1. The number of benzene rings is 1. The Bertz CT molecular complexity index is 555. The van der Waals surface area contributed by atoms with Crippen LogP contribution in [0.5, 0.6) is 0 Å². The first kappa shape index (κ1) is 12.9. The van der Waals surface area contributed by atoms with Crippen LogP contribution in [0.3, 0.4) is 0 Å². The minimum Gasteiger partial charge on any atom is -0.399 e. The van der Waals surface area contributed by atoms with Crippen LogP contribution < -0.4 is 5.73 Å². The summed E-state index contributed by atoms with van der Waals surface area (Å²) in [5.74, 6) is -0.574. The fraction of sp³-hybridized carbons (Fsp3) is 0.429. The summed E-state index contributed by atoms with van der Waals surface area (Å²) in [5, 5.41) is 0. The molecular weight excluding hydrogens is 261 g/mol. The van der Waals surface area contributed by atoms with E-state index in [0.717, 1.165) is 6.42 Å². The van der Waals surface area contributed by atoms with Crippen molar-refractivity contribution in [2.75, 3.05) is 25.4 Å². The molecule has 0 saturated carbocycles. The molecular formula is C14H16FN3O2. The fourth-order valence-electron chi connectivity index (χ4n) is 2.97. The van der Waals surface area contributed by atoms with Crippen LogP contribution in [0.4, 0.5) is 10.1 Å². The number of hydrogen-bond donors (Lipinski definition) is 1. The minimum absolute atomic E-state index is 0.103. The van der Waals surface area contributed by atoms with Gasteiger partial charge in [0.15, 0.2) is 0 Å². The third-order valence-corrected chi connectivity index (χ3v) is 3.95. The summed E-state index contributed by atoms with van der Waals surface area (Å²) in [5.41, 5.74) is 6.07. The molecule has 1 atom stereocenters. The number of nitrogen functional groups attached to an aromatic ring is 1. The number of amides is 2. The van der Waals surface area contributed by atoms with Crippen LogP contribution in [0, 0.1) is 5.82 Å². The highest BCUT2D eigenvalue weighted by Crippen LogP contribution is 2.24. The molecule has 2 fully saturated rings. The van der Waals surface area contributed by atoms with E-state index in [4.69, 9.17) is 5.73 Å². The van der Waals surface area contributed by atoms with E-state index in [9.17, 15) is 14.0 Å². The Labute approximate surface area is 116 Å². The van der Waals surface area contributed by atoms with Gasteiger partial charge in [0.05, 0.1) is 0 Å². The quantitative estimate of drug-likeness (QED) is 0.774. The van der Waals surface area contributed by atoms with E-state index in [1.807, 2.05) is 4.90 Å². The van der Waals surface area contributed by atoms with Crippen molar-refractivity contribution in [2.24, 2.45) is 0 Å². The van der Waals surface area contributed by atoms with E-state index in [1.165, 1.54) is 18.2 Å². The van der Waals surface area contributed by atoms with Gasteiger partial charge in [0.2, 0.25) is 5.91 Å². The average Bonchev–Trinajstić information content (AvgIpc) is 2.78. The molecule has 20 heavy (non-hydrogen) atoms. The molecule has 1 unspecified atom stereocenters. The number of piperazine rings is 1. The minimum atomic E-state index is -0.511. The van der Waals surface area contributed by atoms with E-state index in [1.54, 1.807) is 4.90 Å². The number of rotatable bonds is 1. The van der Waals surface area contributed by atoms with Crippen molar-refractivity contribution in [3.05, 3.63) is 29.6 Å². The zero-order valence-electron chi connectivity index (χ0n) is 11.0. The lowest BCUT2D eigenvalue weighted by Gasteiger charge is -2.37. The first-order chi connectivity index (χ1) is 9.54. The highest BCUT2D eigenvalue weighted by molar-refractivity contribution is 5.95. The molecule has 0 radical (unpaired) electrons. The molecule has 3 rings (SSSR count). The van der Waals surface area contributed by atoms with Gasteiger partial charge in [-0.05, 0) is 24.6 Å². The van der Waals surface area contributed by atoms with Gasteiger partial charge in [-0.2, -0.15) is 0 Å². The van der Waals surface area contributed by atoms with Gasteiger partial charge < -0.3 is 15.5 Å². The summed E-state index contributed by atoms with van der Waals surface area (Å²) in [4.78, 5) is 27.5. The average molecular weight is 277 g/mol. The Morgan fingerprint density at radius 1 is 1.30 bits per heavy atom. The van der Waals surface area contributed by atoms with Gasteiger partial charge in [-0.25, -0.2) is 4.39 Å². The second kappa shape index (κ2) is 4.77. The molecule has 0 aromatic heterocycles. The number of nitrogens with zero attached hydrogens (tertiary/aromatic N) is 2. The Kier molecular flexibility index (Phi) is 3.08. The number of carbonyl (C=O) groups excluding carboxylic acids is 2. The maximum Gasteiger partial charge on any atom is 0.254 e. The number of carbonyl (C=O) groups is 2. The maximum atomic E-state index is 13.3. The molecule has 2 N–H and O–H groups in total. The summed E-state index contributed by atoms with van der Waals surface area (Å²) in [6.45, 7) is 1.55. The maximum absolute atomic E-state index is 13.3. The monoisotopic (exact) mass is 277 g/mol. The largest absolute Gasteiger partial charge is 0.399 e. The van der Waals surface area contributed by atoms with Crippen LogP contribution in [-0.4, -0.2) is 47.3 Å². The zero-order valence-corrected chi connectivity index (χ0v) is 11.0. The van der Waals surface area contributed by atoms with E-state index in [-0.39, 0.29) is 29.1 Å². The lowest BCUT2D eigenvalue weighted by Crippen LogP contribution is -2.53. The molecule has 5 nitrogen and oxygen atoms in total. The van der Waals surface area contributed by atoms with Crippen LogP contribution in [-0.2, 0) is 4.79 Å². The predicted octanol–water partition coefficient (Wildman–Crippen LogP) is 0.855. The van der Waals surface area contributed by atoms with E-state index in [2.05, 4.69) is 0 Å². The number of fused-ring (bicyclic) bond motifs is 1. The van der Waals surface area contributed by atoms with Gasteiger partial charge >= 0.3 is 0 Å². The van der Waals surface area contributed by atoms with Crippen molar-refractivity contribution >= 4 is 17.5 Å². The summed E-state index contributed by atoms with van der Waals surface area (Å²) < 4.78 is 13.3. The van der Waals surface area contributed by atoms with Crippen molar-refractivity contribution < 1.29 is 14.0 Å². The lowest BCUT2D eigenvalue weighted by atomic mass is 10.1. The molecule has 1 aromatic rings. The number of nitrogens with two attached hydrogens (primary N) is 1. The van der Waals surface area contributed by atoms with Crippen molar-refractivity contribution in [1.82, 2.24) is 9.80 Å². The SMILES string of the molecule is Nc1cc(F)cc(C(=O)N2CCN3C(=O)CCC3C2)c1. The Balaban J connectivity index is 1.76. The Hall–Kier alpha value is -2.11. The second-order valence-corrected chi connectivity index (χ2v) is 5.30.